The number of rotatable bonds is 2. The molecule has 0 unspecified atom stereocenters. The van der Waals surface area contributed by atoms with Gasteiger partial charge >= 0.3 is 0 Å². The van der Waals surface area contributed by atoms with Crippen LogP contribution in [-0.2, 0) is 10.2 Å². The van der Waals surface area contributed by atoms with E-state index in [-0.39, 0.29) is 6.04 Å². The summed E-state index contributed by atoms with van der Waals surface area (Å²) in [5, 5.41) is 4.94. The lowest BCUT2D eigenvalue weighted by atomic mass is 10.0. The normalized spacial score (nSPS) is 20.5. The first-order chi connectivity index (χ1) is 7.06. The third-order valence-corrected chi connectivity index (χ3v) is 2.88. The van der Waals surface area contributed by atoms with E-state index in [0.717, 1.165) is 5.56 Å². The maximum atomic E-state index is 10.9. The molecule has 0 saturated heterocycles. The molecule has 15 heavy (non-hydrogen) atoms. The molecule has 0 amide bonds. The Kier molecular flexibility index (Phi) is 2.64. The van der Waals surface area contributed by atoms with Crippen LogP contribution in [0.15, 0.2) is 24.3 Å². The van der Waals surface area contributed by atoms with E-state index in [2.05, 4.69) is 4.72 Å². The van der Waals surface area contributed by atoms with Crippen LogP contribution in [0.1, 0.15) is 18.0 Å². The predicted molar refractivity (Wildman–Crippen MR) is 55.5 cm³/mol. The summed E-state index contributed by atoms with van der Waals surface area (Å²) in [6.07, 6.45) is 0.591. The molecule has 0 spiro atoms. The van der Waals surface area contributed by atoms with Crippen molar-refractivity contribution in [2.75, 3.05) is 6.61 Å². The second kappa shape index (κ2) is 3.80. The Morgan fingerprint density at radius 1 is 1.40 bits per heavy atom. The molecule has 1 atom stereocenters. The van der Waals surface area contributed by atoms with Gasteiger partial charge in [-0.2, -0.15) is 13.1 Å². The first-order valence-electron chi connectivity index (χ1n) is 4.58. The van der Waals surface area contributed by atoms with Gasteiger partial charge in [0, 0.05) is 12.0 Å². The quantitative estimate of drug-likeness (QED) is 0.764. The first-order valence-corrected chi connectivity index (χ1v) is 6.13. The molecule has 1 aliphatic rings. The van der Waals surface area contributed by atoms with Gasteiger partial charge in [0.25, 0.3) is 10.2 Å². The van der Waals surface area contributed by atoms with Crippen LogP contribution >= 0.6 is 0 Å². The fraction of sp³-hybridized carbons (Fsp3) is 0.333. The van der Waals surface area contributed by atoms with Crippen molar-refractivity contribution in [1.82, 2.24) is 4.72 Å². The molecule has 1 heterocycles. The van der Waals surface area contributed by atoms with Gasteiger partial charge < -0.3 is 4.74 Å². The molecule has 82 valence electrons. The Hall–Kier alpha value is -1.11. The van der Waals surface area contributed by atoms with Crippen molar-refractivity contribution in [1.29, 1.82) is 0 Å². The predicted octanol–water partition coefficient (Wildman–Crippen LogP) is 0.303. The van der Waals surface area contributed by atoms with Crippen molar-refractivity contribution in [3.05, 3.63) is 29.8 Å². The van der Waals surface area contributed by atoms with Crippen molar-refractivity contribution in [2.45, 2.75) is 12.5 Å². The fourth-order valence-corrected chi connectivity index (χ4v) is 2.30. The monoisotopic (exact) mass is 228 g/mol. The highest BCUT2D eigenvalue weighted by molar-refractivity contribution is 7.87. The number of benzene rings is 1. The Bertz CT molecular complexity index is 458. The van der Waals surface area contributed by atoms with Gasteiger partial charge in [-0.25, -0.2) is 5.14 Å². The lowest BCUT2D eigenvalue weighted by Crippen LogP contribution is -2.36. The topological polar surface area (TPSA) is 81.4 Å². The van der Waals surface area contributed by atoms with E-state index in [1.807, 2.05) is 24.3 Å². The third-order valence-electron chi connectivity index (χ3n) is 2.27. The van der Waals surface area contributed by atoms with Gasteiger partial charge in [0.05, 0.1) is 12.6 Å². The largest absolute Gasteiger partial charge is 0.493 e. The zero-order valence-corrected chi connectivity index (χ0v) is 8.83. The van der Waals surface area contributed by atoms with Crippen LogP contribution in [0.3, 0.4) is 0 Å². The van der Waals surface area contributed by atoms with Crippen LogP contribution in [0.4, 0.5) is 0 Å². The maximum absolute atomic E-state index is 10.9. The standard InChI is InChI=1S/C9H12N2O3S/c10-15(12,13)11-8-5-6-14-9-4-2-1-3-7(8)9/h1-4,8,11H,5-6H2,(H2,10,12,13)/t8-/m1/s1. The van der Waals surface area contributed by atoms with Crippen LogP contribution < -0.4 is 14.6 Å². The minimum atomic E-state index is -3.67. The van der Waals surface area contributed by atoms with E-state index in [1.165, 1.54) is 0 Å². The molecule has 3 N–H and O–H groups in total. The van der Waals surface area contributed by atoms with Crippen LogP contribution in [0, 0.1) is 0 Å². The van der Waals surface area contributed by atoms with Gasteiger partial charge in [-0.1, -0.05) is 18.2 Å². The number of fused-ring (bicyclic) bond motifs is 1. The van der Waals surface area contributed by atoms with Crippen LogP contribution in [0.5, 0.6) is 5.75 Å². The molecule has 0 saturated carbocycles. The first kappa shape index (κ1) is 10.4. The number of ether oxygens (including phenoxy) is 1. The number of nitrogens with two attached hydrogens (primary N) is 1. The molecule has 1 aromatic carbocycles. The minimum absolute atomic E-state index is 0.287. The minimum Gasteiger partial charge on any atom is -0.493 e. The van der Waals surface area contributed by atoms with E-state index in [1.54, 1.807) is 0 Å². The highest BCUT2D eigenvalue weighted by atomic mass is 32.2. The van der Waals surface area contributed by atoms with Crippen LogP contribution in [0.25, 0.3) is 0 Å². The molecule has 0 fully saturated rings. The van der Waals surface area contributed by atoms with E-state index in [0.29, 0.717) is 18.8 Å². The average molecular weight is 228 g/mol. The van der Waals surface area contributed by atoms with Crippen molar-refractivity contribution < 1.29 is 13.2 Å². The summed E-state index contributed by atoms with van der Waals surface area (Å²) in [5.41, 5.74) is 0.831. The summed E-state index contributed by atoms with van der Waals surface area (Å²) in [6, 6.07) is 7.04. The summed E-state index contributed by atoms with van der Waals surface area (Å²) in [4.78, 5) is 0. The molecular weight excluding hydrogens is 216 g/mol. The molecular formula is C9H12N2O3S. The molecule has 0 aliphatic carbocycles. The molecule has 1 aliphatic heterocycles. The van der Waals surface area contributed by atoms with E-state index in [9.17, 15) is 8.42 Å². The van der Waals surface area contributed by atoms with Crippen LogP contribution in [0.2, 0.25) is 0 Å². The van der Waals surface area contributed by atoms with E-state index < -0.39 is 10.2 Å². The second-order valence-corrected chi connectivity index (χ2v) is 4.72. The molecule has 0 bridgehead atoms. The summed E-state index contributed by atoms with van der Waals surface area (Å²) in [7, 11) is -3.67. The number of para-hydroxylation sites is 1. The SMILES string of the molecule is NS(=O)(=O)N[C@@H]1CCOc2ccccc21. The van der Waals surface area contributed by atoms with Crippen molar-refractivity contribution in [2.24, 2.45) is 5.14 Å². The van der Waals surface area contributed by atoms with Gasteiger partial charge in [-0.15, -0.1) is 0 Å². The van der Waals surface area contributed by atoms with Crippen LogP contribution in [-0.4, -0.2) is 15.0 Å². The Morgan fingerprint density at radius 3 is 2.87 bits per heavy atom. The van der Waals surface area contributed by atoms with Gasteiger partial charge in [-0.3, -0.25) is 0 Å². The zero-order chi connectivity index (χ0) is 10.9. The molecule has 0 aromatic heterocycles. The summed E-state index contributed by atoms with van der Waals surface area (Å²) >= 11 is 0. The second-order valence-electron chi connectivity index (χ2n) is 3.39. The fourth-order valence-electron chi connectivity index (χ4n) is 1.66. The van der Waals surface area contributed by atoms with E-state index >= 15 is 0 Å². The van der Waals surface area contributed by atoms with E-state index in [4.69, 9.17) is 9.88 Å². The summed E-state index contributed by atoms with van der Waals surface area (Å²) in [5.74, 6) is 0.713. The zero-order valence-electron chi connectivity index (χ0n) is 8.01. The average Bonchev–Trinajstić information content (AvgIpc) is 2.16. The number of hydrogen-bond donors (Lipinski definition) is 2. The Labute approximate surface area is 88.4 Å². The van der Waals surface area contributed by atoms with Crippen molar-refractivity contribution in [3.8, 4) is 5.75 Å². The van der Waals surface area contributed by atoms with Gasteiger partial charge in [-0.05, 0) is 6.07 Å². The van der Waals surface area contributed by atoms with Gasteiger partial charge in [0.15, 0.2) is 0 Å². The van der Waals surface area contributed by atoms with Gasteiger partial charge in [0.1, 0.15) is 5.75 Å². The number of hydrogen-bond acceptors (Lipinski definition) is 3. The summed E-state index contributed by atoms with van der Waals surface area (Å²) < 4.78 is 29.6. The maximum Gasteiger partial charge on any atom is 0.274 e. The summed E-state index contributed by atoms with van der Waals surface area (Å²) in [6.45, 7) is 0.490. The molecule has 5 nitrogen and oxygen atoms in total. The molecule has 2 rings (SSSR count). The highest BCUT2D eigenvalue weighted by Crippen LogP contribution is 2.31. The molecule has 0 radical (unpaired) electrons. The lowest BCUT2D eigenvalue weighted by molar-refractivity contribution is 0.263. The third kappa shape index (κ3) is 2.47. The Morgan fingerprint density at radius 2 is 2.13 bits per heavy atom. The van der Waals surface area contributed by atoms with Crippen molar-refractivity contribution in [3.63, 3.8) is 0 Å². The number of nitrogens with one attached hydrogen (secondary N) is 1. The smallest absolute Gasteiger partial charge is 0.274 e. The molecule has 6 heteroatoms. The lowest BCUT2D eigenvalue weighted by Gasteiger charge is -2.25. The Balaban J connectivity index is 2.30. The van der Waals surface area contributed by atoms with Gasteiger partial charge in [0.2, 0.25) is 0 Å². The van der Waals surface area contributed by atoms with Crippen molar-refractivity contribution >= 4 is 10.2 Å². The molecule has 1 aromatic rings. The highest BCUT2D eigenvalue weighted by Gasteiger charge is 2.23.